The summed E-state index contributed by atoms with van der Waals surface area (Å²) < 4.78 is 0. The van der Waals surface area contributed by atoms with Gasteiger partial charge in [-0.1, -0.05) is 88.6 Å². The highest BCUT2D eigenvalue weighted by atomic mass is 16.1. The van der Waals surface area contributed by atoms with Crippen LogP contribution in [0.2, 0.25) is 0 Å². The molecule has 1 heterocycles. The van der Waals surface area contributed by atoms with Crippen molar-refractivity contribution in [3.8, 4) is 0 Å². The number of carbonyl (C=O) groups excluding carboxylic acids is 1. The van der Waals surface area contributed by atoms with E-state index < -0.39 is 0 Å². The predicted molar refractivity (Wildman–Crippen MR) is 129 cm³/mol. The zero-order chi connectivity index (χ0) is 21.4. The number of nitrogens with zero attached hydrogens (tertiary/aromatic N) is 1. The van der Waals surface area contributed by atoms with Crippen molar-refractivity contribution in [1.29, 1.82) is 0 Å². The first-order valence-electron chi connectivity index (χ1n) is 12.0. The summed E-state index contributed by atoms with van der Waals surface area (Å²) in [6.07, 6.45) is 22.5. The molecule has 1 aromatic heterocycles. The lowest BCUT2D eigenvalue weighted by Crippen LogP contribution is -2.21. The number of carbonyl (C=O) groups is 1. The molecule has 2 N–H and O–H groups in total. The molecule has 2 aromatic rings. The monoisotopic (exact) mass is 408 g/mol. The van der Waals surface area contributed by atoms with E-state index in [9.17, 15) is 4.79 Å². The van der Waals surface area contributed by atoms with Gasteiger partial charge in [-0.3, -0.25) is 9.78 Å². The summed E-state index contributed by atoms with van der Waals surface area (Å²) in [5, 5.41) is 1.04. The van der Waals surface area contributed by atoms with Gasteiger partial charge in [0.15, 0.2) is 0 Å². The Morgan fingerprint density at radius 2 is 1.53 bits per heavy atom. The molecule has 1 unspecified atom stereocenters. The van der Waals surface area contributed by atoms with Crippen LogP contribution >= 0.6 is 0 Å². The van der Waals surface area contributed by atoms with Gasteiger partial charge in [-0.15, -0.1) is 0 Å². The molecule has 3 nitrogen and oxygen atoms in total. The van der Waals surface area contributed by atoms with Crippen LogP contribution in [0.5, 0.6) is 0 Å². The molecular weight excluding hydrogens is 368 g/mol. The summed E-state index contributed by atoms with van der Waals surface area (Å²) in [6, 6.07) is 9.93. The highest BCUT2D eigenvalue weighted by Gasteiger charge is 2.19. The Bertz CT molecular complexity index is 763. The minimum Gasteiger partial charge on any atom is -0.369 e. The number of nitrogens with two attached hydrogens (primary N) is 1. The lowest BCUT2D eigenvalue weighted by molar-refractivity contribution is -0.119. The Hall–Kier alpha value is -2.16. The van der Waals surface area contributed by atoms with Crippen LogP contribution in [0.1, 0.15) is 102 Å². The van der Waals surface area contributed by atoms with Crippen LogP contribution in [0.4, 0.5) is 0 Å². The second-order valence-corrected chi connectivity index (χ2v) is 8.39. The summed E-state index contributed by atoms with van der Waals surface area (Å²) in [5.74, 6) is -0.459. The van der Waals surface area contributed by atoms with E-state index in [0.29, 0.717) is 0 Å². The number of hydrogen-bond donors (Lipinski definition) is 1. The fourth-order valence-electron chi connectivity index (χ4n) is 4.12. The fraction of sp³-hybridized carbons (Fsp3) is 0.556. The molecule has 1 amide bonds. The van der Waals surface area contributed by atoms with Gasteiger partial charge in [-0.05, 0) is 49.8 Å². The Kier molecular flexibility index (Phi) is 11.9. The normalized spacial score (nSPS) is 12.6. The smallest absolute Gasteiger partial charge is 0.224 e. The molecule has 0 spiro atoms. The van der Waals surface area contributed by atoms with Gasteiger partial charge in [0.2, 0.25) is 5.91 Å². The highest BCUT2D eigenvalue weighted by Crippen LogP contribution is 2.28. The largest absolute Gasteiger partial charge is 0.369 e. The first-order valence-corrected chi connectivity index (χ1v) is 12.0. The van der Waals surface area contributed by atoms with Crippen molar-refractivity contribution < 1.29 is 4.79 Å². The molecular formula is C27H40N2O. The van der Waals surface area contributed by atoms with Crippen molar-refractivity contribution in [3.63, 3.8) is 0 Å². The molecule has 3 heteroatoms. The topological polar surface area (TPSA) is 56.0 Å². The molecule has 0 aliphatic rings. The standard InChI is InChI=1S/C27H40N2O/c1-2-3-4-5-6-7-8-9-10-11-12-13-14-15-19-25(27(28)30)23-21-22-29-26-20-17-16-18-24(23)26/h9-10,16-18,20-22,25H,2-8,11-15,19H2,1H3,(H2,28,30)/b10-9-. The Morgan fingerprint density at radius 3 is 2.23 bits per heavy atom. The van der Waals surface area contributed by atoms with Crippen LogP contribution in [0.15, 0.2) is 48.7 Å². The van der Waals surface area contributed by atoms with Crippen molar-refractivity contribution in [2.75, 3.05) is 0 Å². The number of fused-ring (bicyclic) bond motifs is 1. The maximum atomic E-state index is 12.1. The second-order valence-electron chi connectivity index (χ2n) is 8.39. The minimum atomic E-state index is -0.232. The Morgan fingerprint density at radius 1 is 0.900 bits per heavy atom. The third kappa shape index (κ3) is 8.69. The summed E-state index contributed by atoms with van der Waals surface area (Å²) in [6.45, 7) is 2.27. The number of pyridine rings is 1. The summed E-state index contributed by atoms with van der Waals surface area (Å²) in [5.41, 5.74) is 7.69. The number of benzene rings is 1. The SMILES string of the molecule is CCCCCCCC/C=C\CCCCCCC(C(N)=O)c1ccnc2ccccc12. The van der Waals surface area contributed by atoms with E-state index in [2.05, 4.69) is 24.1 Å². The molecule has 1 aromatic carbocycles. The predicted octanol–water partition coefficient (Wildman–Crippen LogP) is 7.45. The van der Waals surface area contributed by atoms with Gasteiger partial charge < -0.3 is 5.73 Å². The average molecular weight is 409 g/mol. The molecule has 0 bridgehead atoms. The molecule has 164 valence electrons. The van der Waals surface area contributed by atoms with E-state index in [1.807, 2.05) is 30.3 Å². The van der Waals surface area contributed by atoms with Crippen LogP contribution in [0.3, 0.4) is 0 Å². The number of para-hydroxylation sites is 1. The van der Waals surface area contributed by atoms with Crippen LogP contribution in [0, 0.1) is 0 Å². The number of primary amides is 1. The lowest BCUT2D eigenvalue weighted by atomic mass is 9.90. The van der Waals surface area contributed by atoms with Crippen molar-refractivity contribution in [2.45, 2.75) is 96.3 Å². The zero-order valence-corrected chi connectivity index (χ0v) is 18.8. The molecule has 0 radical (unpaired) electrons. The van der Waals surface area contributed by atoms with Gasteiger partial charge in [0.05, 0.1) is 11.4 Å². The zero-order valence-electron chi connectivity index (χ0n) is 18.8. The van der Waals surface area contributed by atoms with Gasteiger partial charge in [-0.2, -0.15) is 0 Å². The average Bonchev–Trinajstić information content (AvgIpc) is 2.76. The van der Waals surface area contributed by atoms with Gasteiger partial charge in [0.25, 0.3) is 0 Å². The molecule has 0 aliphatic carbocycles. The third-order valence-corrected chi connectivity index (χ3v) is 5.91. The van der Waals surface area contributed by atoms with Crippen LogP contribution in [0.25, 0.3) is 10.9 Å². The van der Waals surface area contributed by atoms with Crippen LogP contribution in [-0.2, 0) is 4.79 Å². The minimum absolute atomic E-state index is 0.227. The Balaban J connectivity index is 1.62. The number of unbranched alkanes of at least 4 members (excludes halogenated alkanes) is 10. The molecule has 0 saturated carbocycles. The number of allylic oxidation sites excluding steroid dienone is 2. The number of rotatable bonds is 16. The fourth-order valence-corrected chi connectivity index (χ4v) is 4.12. The van der Waals surface area contributed by atoms with Crippen LogP contribution < -0.4 is 5.73 Å². The van der Waals surface area contributed by atoms with Gasteiger partial charge >= 0.3 is 0 Å². The number of hydrogen-bond acceptors (Lipinski definition) is 2. The first-order chi connectivity index (χ1) is 14.7. The quantitative estimate of drug-likeness (QED) is 0.231. The molecule has 0 fully saturated rings. The molecule has 0 aliphatic heterocycles. The number of amides is 1. The molecule has 2 rings (SSSR count). The number of aromatic nitrogens is 1. The van der Waals surface area contributed by atoms with Crippen molar-refractivity contribution in [3.05, 3.63) is 54.2 Å². The van der Waals surface area contributed by atoms with E-state index in [1.165, 1.54) is 64.2 Å². The van der Waals surface area contributed by atoms with E-state index in [4.69, 9.17) is 5.73 Å². The maximum absolute atomic E-state index is 12.1. The van der Waals surface area contributed by atoms with E-state index in [-0.39, 0.29) is 11.8 Å². The highest BCUT2D eigenvalue weighted by molar-refractivity contribution is 5.90. The van der Waals surface area contributed by atoms with Gasteiger partial charge in [-0.25, -0.2) is 0 Å². The van der Waals surface area contributed by atoms with E-state index >= 15 is 0 Å². The lowest BCUT2D eigenvalue weighted by Gasteiger charge is -2.15. The summed E-state index contributed by atoms with van der Waals surface area (Å²) in [7, 11) is 0. The van der Waals surface area contributed by atoms with E-state index in [0.717, 1.165) is 35.7 Å². The summed E-state index contributed by atoms with van der Waals surface area (Å²) >= 11 is 0. The molecule has 0 saturated heterocycles. The van der Waals surface area contributed by atoms with E-state index in [1.54, 1.807) is 6.20 Å². The molecule has 30 heavy (non-hydrogen) atoms. The van der Waals surface area contributed by atoms with Crippen molar-refractivity contribution in [1.82, 2.24) is 4.98 Å². The Labute approximate surface area is 183 Å². The second kappa shape index (κ2) is 14.8. The van der Waals surface area contributed by atoms with Crippen molar-refractivity contribution >= 4 is 16.8 Å². The maximum Gasteiger partial charge on any atom is 0.224 e. The van der Waals surface area contributed by atoms with Gasteiger partial charge in [0, 0.05) is 11.6 Å². The summed E-state index contributed by atoms with van der Waals surface area (Å²) in [4.78, 5) is 16.5. The van der Waals surface area contributed by atoms with Crippen LogP contribution in [-0.4, -0.2) is 10.9 Å². The molecule has 1 atom stereocenters. The van der Waals surface area contributed by atoms with Gasteiger partial charge in [0.1, 0.15) is 0 Å². The van der Waals surface area contributed by atoms with Crippen molar-refractivity contribution in [2.24, 2.45) is 5.73 Å². The first kappa shape index (κ1) is 24.1. The third-order valence-electron chi connectivity index (χ3n) is 5.91.